The number of carbonyl (C=O) groups excluding carboxylic acids is 1. The smallest absolute Gasteiger partial charge is 0.164 e. The van der Waals surface area contributed by atoms with Gasteiger partial charge in [-0.05, 0) is 25.6 Å². The number of benzene rings is 1. The molecule has 0 aliphatic carbocycles. The Morgan fingerprint density at radius 3 is 2.71 bits per heavy atom. The summed E-state index contributed by atoms with van der Waals surface area (Å²) < 4.78 is 0. The van der Waals surface area contributed by atoms with Crippen LogP contribution in [0, 0.1) is 6.92 Å². The summed E-state index contributed by atoms with van der Waals surface area (Å²) in [7, 11) is 1.88. The maximum Gasteiger partial charge on any atom is 0.164 e. The first kappa shape index (κ1) is 13.7. The molecule has 0 aromatic heterocycles. The summed E-state index contributed by atoms with van der Waals surface area (Å²) in [6.07, 6.45) is 0.443. The van der Waals surface area contributed by atoms with E-state index in [0.29, 0.717) is 30.8 Å². The minimum Gasteiger partial charge on any atom is -0.398 e. The highest BCUT2D eigenvalue weighted by atomic mass is 16.3. The van der Waals surface area contributed by atoms with Gasteiger partial charge in [0.05, 0.1) is 6.61 Å². The number of nitrogens with zero attached hydrogens (tertiary/aromatic N) is 1. The van der Waals surface area contributed by atoms with Crippen molar-refractivity contribution in [2.45, 2.75) is 13.3 Å². The van der Waals surface area contributed by atoms with Gasteiger partial charge in [0, 0.05) is 30.8 Å². The highest BCUT2D eigenvalue weighted by molar-refractivity contribution is 5.97. The largest absolute Gasteiger partial charge is 0.398 e. The number of carbonyl (C=O) groups is 1. The van der Waals surface area contributed by atoms with Crippen LogP contribution in [-0.2, 0) is 0 Å². The Bertz CT molecular complexity index is 391. The van der Waals surface area contributed by atoms with Crippen molar-refractivity contribution >= 4 is 11.5 Å². The lowest BCUT2D eigenvalue weighted by molar-refractivity contribution is 0.0964. The van der Waals surface area contributed by atoms with Crippen LogP contribution in [0.5, 0.6) is 0 Å². The molecule has 1 aromatic rings. The molecule has 0 bridgehead atoms. The Morgan fingerprint density at radius 2 is 2.12 bits per heavy atom. The fraction of sp³-hybridized carbons (Fsp3) is 0.462. The molecular weight excluding hydrogens is 216 g/mol. The first-order chi connectivity index (χ1) is 8.04. The van der Waals surface area contributed by atoms with Crippen LogP contribution in [0.4, 0.5) is 5.69 Å². The number of likely N-dealkylation sites (N-methyl/N-ethyl adjacent to an activating group) is 1. The molecule has 0 saturated carbocycles. The van der Waals surface area contributed by atoms with E-state index in [0.717, 1.165) is 5.56 Å². The van der Waals surface area contributed by atoms with Gasteiger partial charge in [0.15, 0.2) is 5.78 Å². The van der Waals surface area contributed by atoms with E-state index in [1.165, 1.54) is 0 Å². The van der Waals surface area contributed by atoms with Crippen molar-refractivity contribution in [2.75, 3.05) is 32.5 Å². The minimum absolute atomic E-state index is 0.0847. The van der Waals surface area contributed by atoms with Gasteiger partial charge < -0.3 is 15.7 Å². The number of rotatable bonds is 6. The zero-order valence-electron chi connectivity index (χ0n) is 10.4. The van der Waals surface area contributed by atoms with Gasteiger partial charge in [0.1, 0.15) is 0 Å². The van der Waals surface area contributed by atoms with Crippen LogP contribution in [0.2, 0.25) is 0 Å². The van der Waals surface area contributed by atoms with Crippen molar-refractivity contribution in [1.82, 2.24) is 4.90 Å². The highest BCUT2D eigenvalue weighted by Crippen LogP contribution is 2.14. The molecule has 0 radical (unpaired) electrons. The summed E-state index contributed by atoms with van der Waals surface area (Å²) in [6.45, 7) is 3.26. The quantitative estimate of drug-likeness (QED) is 0.573. The topological polar surface area (TPSA) is 66.6 Å². The average Bonchev–Trinajstić information content (AvgIpc) is 2.30. The van der Waals surface area contributed by atoms with Gasteiger partial charge in [0.2, 0.25) is 0 Å². The van der Waals surface area contributed by atoms with Crippen molar-refractivity contribution < 1.29 is 9.90 Å². The van der Waals surface area contributed by atoms with Crippen molar-refractivity contribution in [3.8, 4) is 0 Å². The van der Waals surface area contributed by atoms with Crippen LogP contribution < -0.4 is 5.73 Å². The minimum atomic E-state index is 0.0847. The van der Waals surface area contributed by atoms with Crippen LogP contribution in [-0.4, -0.2) is 42.5 Å². The number of ketones is 1. The monoisotopic (exact) mass is 236 g/mol. The Kier molecular flexibility index (Phi) is 5.12. The zero-order valence-corrected chi connectivity index (χ0v) is 10.4. The van der Waals surface area contributed by atoms with Gasteiger partial charge >= 0.3 is 0 Å². The lowest BCUT2D eigenvalue weighted by Crippen LogP contribution is -2.25. The van der Waals surface area contributed by atoms with E-state index in [9.17, 15) is 4.79 Å². The number of aliphatic hydroxyl groups excluding tert-OH is 1. The predicted molar refractivity (Wildman–Crippen MR) is 69.1 cm³/mol. The molecule has 4 heteroatoms. The Morgan fingerprint density at radius 1 is 1.41 bits per heavy atom. The Labute approximate surface area is 102 Å². The molecule has 0 aliphatic rings. The number of hydrogen-bond donors (Lipinski definition) is 2. The van der Waals surface area contributed by atoms with E-state index in [1.54, 1.807) is 12.1 Å². The number of hydrogen-bond acceptors (Lipinski definition) is 4. The van der Waals surface area contributed by atoms with Gasteiger partial charge in [-0.25, -0.2) is 0 Å². The SMILES string of the molecule is Cc1ccc(C(=O)CCN(C)CCO)cc1N. The second-order valence-corrected chi connectivity index (χ2v) is 4.27. The number of anilines is 1. The third-order valence-corrected chi connectivity index (χ3v) is 2.80. The average molecular weight is 236 g/mol. The second kappa shape index (κ2) is 6.37. The molecule has 0 amide bonds. The van der Waals surface area contributed by atoms with Crippen LogP contribution in [0.3, 0.4) is 0 Å². The molecule has 0 spiro atoms. The van der Waals surface area contributed by atoms with Gasteiger partial charge in [-0.3, -0.25) is 4.79 Å². The van der Waals surface area contributed by atoms with Crippen LogP contribution in [0.25, 0.3) is 0 Å². The second-order valence-electron chi connectivity index (χ2n) is 4.27. The Hall–Kier alpha value is -1.39. The molecule has 0 heterocycles. The molecule has 1 aromatic carbocycles. The van der Waals surface area contributed by atoms with Gasteiger partial charge in [-0.15, -0.1) is 0 Å². The van der Waals surface area contributed by atoms with Crippen molar-refractivity contribution in [3.05, 3.63) is 29.3 Å². The number of aliphatic hydroxyl groups is 1. The molecule has 0 atom stereocenters. The van der Waals surface area contributed by atoms with Crippen molar-refractivity contribution in [1.29, 1.82) is 0 Å². The number of nitrogens with two attached hydrogens (primary N) is 1. The normalized spacial score (nSPS) is 10.8. The maximum atomic E-state index is 11.9. The zero-order chi connectivity index (χ0) is 12.8. The Balaban J connectivity index is 2.55. The van der Waals surface area contributed by atoms with E-state index in [1.807, 2.05) is 24.9 Å². The molecule has 17 heavy (non-hydrogen) atoms. The van der Waals surface area contributed by atoms with E-state index in [4.69, 9.17) is 10.8 Å². The highest BCUT2D eigenvalue weighted by Gasteiger charge is 2.08. The van der Waals surface area contributed by atoms with E-state index in [2.05, 4.69) is 0 Å². The van der Waals surface area contributed by atoms with E-state index < -0.39 is 0 Å². The number of Topliss-reactive ketones (excluding diaryl/α,β-unsaturated/α-hetero) is 1. The molecule has 0 saturated heterocycles. The molecule has 4 nitrogen and oxygen atoms in total. The molecule has 0 unspecified atom stereocenters. The molecule has 94 valence electrons. The summed E-state index contributed by atoms with van der Waals surface area (Å²) in [6, 6.07) is 5.39. The summed E-state index contributed by atoms with van der Waals surface area (Å²) in [5.74, 6) is 0.0847. The van der Waals surface area contributed by atoms with E-state index in [-0.39, 0.29) is 12.4 Å². The first-order valence-corrected chi connectivity index (χ1v) is 5.73. The predicted octanol–water partition coefficient (Wildman–Crippen LogP) is 1.07. The third-order valence-electron chi connectivity index (χ3n) is 2.80. The first-order valence-electron chi connectivity index (χ1n) is 5.73. The third kappa shape index (κ3) is 4.17. The van der Waals surface area contributed by atoms with Gasteiger partial charge in [-0.1, -0.05) is 12.1 Å². The fourth-order valence-corrected chi connectivity index (χ4v) is 1.53. The van der Waals surface area contributed by atoms with Gasteiger partial charge in [0.25, 0.3) is 0 Å². The number of aryl methyl sites for hydroxylation is 1. The number of nitrogen functional groups attached to an aromatic ring is 1. The van der Waals surface area contributed by atoms with Crippen molar-refractivity contribution in [2.24, 2.45) is 0 Å². The van der Waals surface area contributed by atoms with Crippen LogP contribution in [0.1, 0.15) is 22.3 Å². The van der Waals surface area contributed by atoms with Crippen LogP contribution >= 0.6 is 0 Å². The molecular formula is C13H20N2O2. The summed E-state index contributed by atoms with van der Waals surface area (Å²) in [5, 5.41) is 8.74. The fourth-order valence-electron chi connectivity index (χ4n) is 1.53. The molecule has 1 rings (SSSR count). The standard InChI is InChI=1S/C13H20N2O2/c1-10-3-4-11(9-12(10)14)13(17)5-6-15(2)7-8-16/h3-4,9,16H,5-8,14H2,1-2H3. The molecule has 3 N–H and O–H groups in total. The van der Waals surface area contributed by atoms with E-state index >= 15 is 0 Å². The lowest BCUT2D eigenvalue weighted by Gasteiger charge is -2.14. The summed E-state index contributed by atoms with van der Waals surface area (Å²) in [4.78, 5) is 13.8. The molecule has 0 aliphatic heterocycles. The molecule has 0 fully saturated rings. The van der Waals surface area contributed by atoms with Crippen LogP contribution in [0.15, 0.2) is 18.2 Å². The van der Waals surface area contributed by atoms with Gasteiger partial charge in [-0.2, -0.15) is 0 Å². The summed E-state index contributed by atoms with van der Waals surface area (Å²) in [5.41, 5.74) is 8.06. The summed E-state index contributed by atoms with van der Waals surface area (Å²) >= 11 is 0. The lowest BCUT2D eigenvalue weighted by atomic mass is 10.0. The van der Waals surface area contributed by atoms with Crippen molar-refractivity contribution in [3.63, 3.8) is 0 Å². The maximum absolute atomic E-state index is 11.9.